The van der Waals surface area contributed by atoms with E-state index in [4.69, 9.17) is 4.74 Å². The Morgan fingerprint density at radius 2 is 1.00 bits per heavy atom. The minimum Gasteiger partial charge on any atom is -0.375 e. The van der Waals surface area contributed by atoms with Crippen molar-refractivity contribution in [3.05, 3.63) is 0 Å². The van der Waals surface area contributed by atoms with Crippen LogP contribution in [0.4, 0.5) is 0 Å². The molecule has 0 aromatic carbocycles. The Morgan fingerprint density at radius 3 is 1.33 bits per heavy atom. The third kappa shape index (κ3) is 6.30. The number of unbranched alkanes of at least 4 members (excludes halogenated alkanes) is 2. The van der Waals surface area contributed by atoms with E-state index >= 15 is 0 Å². The van der Waals surface area contributed by atoms with Gasteiger partial charge in [-0.1, -0.05) is 52.4 Å². The second kappa shape index (κ2) is 9.87. The van der Waals surface area contributed by atoms with Crippen LogP contribution in [0.15, 0.2) is 0 Å². The molecule has 0 bridgehead atoms. The van der Waals surface area contributed by atoms with Crippen LogP contribution in [0.25, 0.3) is 0 Å². The molecule has 2 saturated carbocycles. The molecule has 124 valence electrons. The Hall–Kier alpha value is -0.0400. The summed E-state index contributed by atoms with van der Waals surface area (Å²) in [6.45, 7) is 4.62. The highest BCUT2D eigenvalue weighted by atomic mass is 16.5. The fraction of sp³-hybridized carbons (Fsp3) is 1.00. The minimum atomic E-state index is 0.597. The molecule has 0 saturated heterocycles. The second-order valence-electron chi connectivity index (χ2n) is 7.71. The van der Waals surface area contributed by atoms with Crippen LogP contribution in [0, 0.1) is 11.8 Å². The van der Waals surface area contributed by atoms with Crippen molar-refractivity contribution in [3.63, 3.8) is 0 Å². The molecule has 2 aliphatic carbocycles. The first-order valence-corrected chi connectivity index (χ1v) is 9.97. The van der Waals surface area contributed by atoms with Gasteiger partial charge in [0, 0.05) is 0 Å². The Kier molecular flexibility index (Phi) is 8.14. The average Bonchev–Trinajstić information content (AvgIpc) is 2.53. The number of hydrogen-bond donors (Lipinski definition) is 0. The lowest BCUT2D eigenvalue weighted by Crippen LogP contribution is -2.29. The minimum absolute atomic E-state index is 0.597. The van der Waals surface area contributed by atoms with Gasteiger partial charge < -0.3 is 4.74 Å². The maximum Gasteiger partial charge on any atom is 0.0579 e. The fourth-order valence-electron chi connectivity index (χ4n) is 4.37. The standard InChI is InChI=1S/C20H38O/c1-3-5-7-17-9-13-19(14-10-17)21-20-15-11-18(12-16-20)8-6-4-2/h17-20H,3-16H2,1-2H3. The van der Waals surface area contributed by atoms with Crippen LogP contribution in [-0.2, 0) is 4.74 Å². The third-order valence-corrected chi connectivity index (χ3v) is 5.90. The van der Waals surface area contributed by atoms with E-state index in [1.165, 1.54) is 89.9 Å². The van der Waals surface area contributed by atoms with Crippen LogP contribution in [0.2, 0.25) is 0 Å². The zero-order valence-electron chi connectivity index (χ0n) is 14.6. The molecule has 0 spiro atoms. The van der Waals surface area contributed by atoms with Gasteiger partial charge in [-0.25, -0.2) is 0 Å². The van der Waals surface area contributed by atoms with Crippen LogP contribution < -0.4 is 0 Å². The van der Waals surface area contributed by atoms with Crippen LogP contribution in [0.1, 0.15) is 104 Å². The first-order chi connectivity index (χ1) is 10.3. The summed E-state index contributed by atoms with van der Waals surface area (Å²) in [5.41, 5.74) is 0. The topological polar surface area (TPSA) is 9.23 Å². The van der Waals surface area contributed by atoms with Gasteiger partial charge in [0.2, 0.25) is 0 Å². The van der Waals surface area contributed by atoms with Crippen LogP contribution in [0.3, 0.4) is 0 Å². The first-order valence-electron chi connectivity index (χ1n) is 9.97. The van der Waals surface area contributed by atoms with Gasteiger partial charge in [-0.3, -0.25) is 0 Å². The summed E-state index contributed by atoms with van der Waals surface area (Å²) in [5, 5.41) is 0. The van der Waals surface area contributed by atoms with Gasteiger partial charge >= 0.3 is 0 Å². The molecule has 0 atom stereocenters. The Labute approximate surface area is 133 Å². The van der Waals surface area contributed by atoms with E-state index in [9.17, 15) is 0 Å². The van der Waals surface area contributed by atoms with Crippen molar-refractivity contribution >= 4 is 0 Å². The van der Waals surface area contributed by atoms with Crippen molar-refractivity contribution in [2.75, 3.05) is 0 Å². The predicted octanol–water partition coefficient (Wildman–Crippen LogP) is 6.50. The summed E-state index contributed by atoms with van der Waals surface area (Å²) in [6.07, 6.45) is 20.8. The van der Waals surface area contributed by atoms with Crippen molar-refractivity contribution in [3.8, 4) is 0 Å². The van der Waals surface area contributed by atoms with Crippen LogP contribution in [0.5, 0.6) is 0 Å². The van der Waals surface area contributed by atoms with Gasteiger partial charge in [0.15, 0.2) is 0 Å². The van der Waals surface area contributed by atoms with Crippen molar-refractivity contribution in [2.24, 2.45) is 11.8 Å². The summed E-state index contributed by atoms with van der Waals surface area (Å²) >= 11 is 0. The van der Waals surface area contributed by atoms with Gasteiger partial charge in [-0.2, -0.15) is 0 Å². The highest BCUT2D eigenvalue weighted by Gasteiger charge is 2.26. The van der Waals surface area contributed by atoms with Gasteiger partial charge in [0.05, 0.1) is 12.2 Å². The fourth-order valence-corrected chi connectivity index (χ4v) is 4.37. The largest absolute Gasteiger partial charge is 0.375 e. The monoisotopic (exact) mass is 294 g/mol. The van der Waals surface area contributed by atoms with Crippen LogP contribution in [-0.4, -0.2) is 12.2 Å². The maximum absolute atomic E-state index is 6.44. The number of rotatable bonds is 8. The lowest BCUT2D eigenvalue weighted by atomic mass is 9.82. The molecule has 0 radical (unpaired) electrons. The molecule has 1 nitrogen and oxygen atoms in total. The van der Waals surface area contributed by atoms with Crippen LogP contribution >= 0.6 is 0 Å². The lowest BCUT2D eigenvalue weighted by molar-refractivity contribution is -0.0572. The molecule has 0 amide bonds. The van der Waals surface area contributed by atoms with E-state index in [2.05, 4.69) is 13.8 Å². The summed E-state index contributed by atoms with van der Waals surface area (Å²) in [4.78, 5) is 0. The molecule has 2 aliphatic rings. The Bertz CT molecular complexity index is 221. The van der Waals surface area contributed by atoms with Crippen molar-refractivity contribution in [2.45, 2.75) is 116 Å². The van der Waals surface area contributed by atoms with Crippen molar-refractivity contribution < 1.29 is 4.74 Å². The predicted molar refractivity (Wildman–Crippen MR) is 91.6 cm³/mol. The Morgan fingerprint density at radius 1 is 0.619 bits per heavy atom. The molecule has 21 heavy (non-hydrogen) atoms. The molecule has 1 heteroatoms. The van der Waals surface area contributed by atoms with Gasteiger partial charge in [-0.05, 0) is 63.2 Å². The summed E-state index contributed by atoms with van der Waals surface area (Å²) in [6, 6.07) is 0. The maximum atomic E-state index is 6.44. The molecule has 0 aliphatic heterocycles. The normalized spacial score (nSPS) is 34.0. The second-order valence-corrected chi connectivity index (χ2v) is 7.71. The number of hydrogen-bond acceptors (Lipinski definition) is 1. The zero-order valence-corrected chi connectivity index (χ0v) is 14.6. The van der Waals surface area contributed by atoms with E-state index in [-0.39, 0.29) is 0 Å². The van der Waals surface area contributed by atoms with Gasteiger partial charge in [0.1, 0.15) is 0 Å². The summed E-state index contributed by atoms with van der Waals surface area (Å²) in [5.74, 6) is 2.02. The molecule has 2 fully saturated rings. The van der Waals surface area contributed by atoms with E-state index in [0.717, 1.165) is 11.8 Å². The summed E-state index contributed by atoms with van der Waals surface area (Å²) < 4.78 is 6.44. The smallest absolute Gasteiger partial charge is 0.0579 e. The van der Waals surface area contributed by atoms with E-state index < -0.39 is 0 Å². The van der Waals surface area contributed by atoms with Crippen molar-refractivity contribution in [1.29, 1.82) is 0 Å². The zero-order chi connectivity index (χ0) is 14.9. The molecule has 0 aromatic rings. The van der Waals surface area contributed by atoms with E-state index in [1.807, 2.05) is 0 Å². The average molecular weight is 295 g/mol. The van der Waals surface area contributed by atoms with E-state index in [1.54, 1.807) is 0 Å². The molecular weight excluding hydrogens is 256 g/mol. The summed E-state index contributed by atoms with van der Waals surface area (Å²) in [7, 11) is 0. The highest BCUT2D eigenvalue weighted by molar-refractivity contribution is 4.77. The van der Waals surface area contributed by atoms with Gasteiger partial charge in [0.25, 0.3) is 0 Å². The van der Waals surface area contributed by atoms with E-state index in [0.29, 0.717) is 12.2 Å². The quantitative estimate of drug-likeness (QED) is 0.496. The highest BCUT2D eigenvalue weighted by Crippen LogP contribution is 2.34. The third-order valence-electron chi connectivity index (χ3n) is 5.90. The van der Waals surface area contributed by atoms with Gasteiger partial charge in [-0.15, -0.1) is 0 Å². The molecule has 2 rings (SSSR count). The molecule has 0 aromatic heterocycles. The van der Waals surface area contributed by atoms with Crippen molar-refractivity contribution in [1.82, 2.24) is 0 Å². The molecule has 0 N–H and O–H groups in total. The SMILES string of the molecule is CCCCC1CCC(OC2CCC(CCCC)CC2)CC1. The lowest BCUT2D eigenvalue weighted by Gasteiger charge is -2.34. The first kappa shape index (κ1) is 17.3. The molecule has 0 unspecified atom stereocenters. The molecule has 0 heterocycles. The number of ether oxygens (including phenoxy) is 1. The molecular formula is C20H38O. The Balaban J connectivity index is 1.57.